The van der Waals surface area contributed by atoms with Crippen LogP contribution >= 0.6 is 23.2 Å². The standard InChI is InChI=1S/C19H21Cl2N3O2/c1-23(2)9-4-10-24-17-8-7-13(11-18(17)26-19(24)25)22-12-14-15(20)5-3-6-16(14)21/h3,5-8,11,22H,4,9-10,12H2,1-2H3. The summed E-state index contributed by atoms with van der Waals surface area (Å²) in [5.74, 6) is -0.329. The third-order valence-electron chi connectivity index (χ3n) is 4.19. The summed E-state index contributed by atoms with van der Waals surface area (Å²) in [5.41, 5.74) is 3.03. The van der Waals surface area contributed by atoms with Gasteiger partial charge in [0, 0.05) is 40.5 Å². The summed E-state index contributed by atoms with van der Waals surface area (Å²) in [6, 6.07) is 11.1. The quantitative estimate of drug-likeness (QED) is 0.643. The van der Waals surface area contributed by atoms with Gasteiger partial charge in [-0.25, -0.2) is 4.79 Å². The van der Waals surface area contributed by atoms with Crippen molar-refractivity contribution in [1.82, 2.24) is 9.47 Å². The highest BCUT2D eigenvalue weighted by Crippen LogP contribution is 2.26. The van der Waals surface area contributed by atoms with E-state index in [9.17, 15) is 4.79 Å². The van der Waals surface area contributed by atoms with Crippen LogP contribution in [0.5, 0.6) is 0 Å². The molecule has 0 aliphatic carbocycles. The van der Waals surface area contributed by atoms with E-state index in [1.165, 1.54) is 0 Å². The van der Waals surface area contributed by atoms with Crippen LogP contribution in [-0.2, 0) is 13.1 Å². The van der Waals surface area contributed by atoms with E-state index in [1.54, 1.807) is 16.7 Å². The fourth-order valence-electron chi connectivity index (χ4n) is 2.82. The second-order valence-electron chi connectivity index (χ2n) is 6.41. The smallest absolute Gasteiger partial charge is 0.408 e. The van der Waals surface area contributed by atoms with Crippen LogP contribution < -0.4 is 11.1 Å². The predicted octanol–water partition coefficient (Wildman–Crippen LogP) is 4.47. The molecule has 0 spiro atoms. The number of hydrogen-bond donors (Lipinski definition) is 1. The Hall–Kier alpha value is -1.95. The van der Waals surface area contributed by atoms with E-state index in [-0.39, 0.29) is 5.76 Å². The molecule has 2 aromatic carbocycles. The van der Waals surface area contributed by atoms with Crippen LogP contribution in [-0.4, -0.2) is 30.1 Å². The number of anilines is 1. The molecule has 3 aromatic rings. The number of benzene rings is 2. The van der Waals surface area contributed by atoms with E-state index in [0.29, 0.717) is 28.7 Å². The normalized spacial score (nSPS) is 11.4. The van der Waals surface area contributed by atoms with Gasteiger partial charge in [0.05, 0.1) is 5.52 Å². The summed E-state index contributed by atoms with van der Waals surface area (Å²) >= 11 is 12.4. The molecule has 0 saturated carbocycles. The van der Waals surface area contributed by atoms with E-state index in [0.717, 1.165) is 29.7 Å². The van der Waals surface area contributed by atoms with Gasteiger partial charge in [0.15, 0.2) is 5.58 Å². The third kappa shape index (κ3) is 4.23. The van der Waals surface area contributed by atoms with Crippen molar-refractivity contribution in [2.75, 3.05) is 26.0 Å². The lowest BCUT2D eigenvalue weighted by atomic mass is 10.2. The molecule has 0 radical (unpaired) electrons. The molecule has 0 aliphatic rings. The largest absolute Gasteiger partial charge is 0.419 e. The topological polar surface area (TPSA) is 50.4 Å². The molecule has 0 amide bonds. The van der Waals surface area contributed by atoms with E-state index >= 15 is 0 Å². The first kappa shape index (κ1) is 18.8. The van der Waals surface area contributed by atoms with Gasteiger partial charge in [0.2, 0.25) is 0 Å². The Morgan fingerprint density at radius 3 is 2.58 bits per heavy atom. The van der Waals surface area contributed by atoms with Crippen LogP contribution in [0.3, 0.4) is 0 Å². The number of fused-ring (bicyclic) bond motifs is 1. The minimum absolute atomic E-state index is 0.329. The summed E-state index contributed by atoms with van der Waals surface area (Å²) < 4.78 is 7.07. The van der Waals surface area contributed by atoms with Gasteiger partial charge in [-0.3, -0.25) is 4.57 Å². The molecular formula is C19H21Cl2N3O2. The SMILES string of the molecule is CN(C)CCCn1c(=O)oc2cc(NCc3c(Cl)cccc3Cl)ccc21. The highest BCUT2D eigenvalue weighted by Gasteiger charge is 2.11. The molecule has 0 aliphatic heterocycles. The van der Waals surface area contributed by atoms with Crippen molar-refractivity contribution < 1.29 is 4.42 Å². The Kier molecular flexibility index (Phi) is 5.91. The van der Waals surface area contributed by atoms with Gasteiger partial charge in [0.1, 0.15) is 0 Å². The van der Waals surface area contributed by atoms with Crippen molar-refractivity contribution >= 4 is 40.0 Å². The predicted molar refractivity (Wildman–Crippen MR) is 107 cm³/mol. The first-order chi connectivity index (χ1) is 12.5. The van der Waals surface area contributed by atoms with Crippen molar-refractivity contribution in [3.8, 4) is 0 Å². The molecule has 7 heteroatoms. The average molecular weight is 394 g/mol. The number of nitrogens with one attached hydrogen (secondary N) is 1. The van der Waals surface area contributed by atoms with Crippen LogP contribution in [0.4, 0.5) is 5.69 Å². The third-order valence-corrected chi connectivity index (χ3v) is 4.89. The Morgan fingerprint density at radius 1 is 1.15 bits per heavy atom. The fourth-order valence-corrected chi connectivity index (χ4v) is 3.36. The number of nitrogens with zero attached hydrogens (tertiary/aromatic N) is 2. The number of hydrogen-bond acceptors (Lipinski definition) is 4. The van der Waals surface area contributed by atoms with Gasteiger partial charge < -0.3 is 14.6 Å². The minimum atomic E-state index is -0.329. The summed E-state index contributed by atoms with van der Waals surface area (Å²) in [6.07, 6.45) is 0.881. The highest BCUT2D eigenvalue weighted by atomic mass is 35.5. The molecule has 26 heavy (non-hydrogen) atoms. The van der Waals surface area contributed by atoms with Gasteiger partial charge >= 0.3 is 5.76 Å². The van der Waals surface area contributed by atoms with Crippen molar-refractivity contribution in [1.29, 1.82) is 0 Å². The second-order valence-corrected chi connectivity index (χ2v) is 7.23. The summed E-state index contributed by atoms with van der Waals surface area (Å²) in [5, 5.41) is 4.51. The Bertz CT molecular complexity index is 943. The molecule has 5 nitrogen and oxygen atoms in total. The molecule has 3 rings (SSSR count). The summed E-state index contributed by atoms with van der Waals surface area (Å²) in [4.78, 5) is 14.2. The van der Waals surface area contributed by atoms with Gasteiger partial charge in [-0.05, 0) is 51.3 Å². The molecule has 1 N–H and O–H groups in total. The van der Waals surface area contributed by atoms with Crippen molar-refractivity contribution in [3.05, 3.63) is 62.6 Å². The van der Waals surface area contributed by atoms with Crippen molar-refractivity contribution in [3.63, 3.8) is 0 Å². The monoisotopic (exact) mass is 393 g/mol. The Labute approximate surface area is 162 Å². The number of aryl methyl sites for hydroxylation is 1. The first-order valence-corrected chi connectivity index (χ1v) is 9.16. The molecule has 0 saturated heterocycles. The first-order valence-electron chi connectivity index (χ1n) is 8.40. The maximum absolute atomic E-state index is 12.1. The van der Waals surface area contributed by atoms with E-state index in [4.69, 9.17) is 27.6 Å². The maximum atomic E-state index is 12.1. The molecule has 0 fully saturated rings. The summed E-state index contributed by atoms with van der Waals surface area (Å²) in [6.45, 7) is 2.03. The molecule has 138 valence electrons. The van der Waals surface area contributed by atoms with Gasteiger partial charge in [-0.15, -0.1) is 0 Å². The van der Waals surface area contributed by atoms with Crippen LogP contribution in [0.15, 0.2) is 45.6 Å². The van der Waals surface area contributed by atoms with Crippen LogP contribution in [0.2, 0.25) is 10.0 Å². The lowest BCUT2D eigenvalue weighted by molar-refractivity contribution is 0.381. The van der Waals surface area contributed by atoms with Gasteiger partial charge in [-0.1, -0.05) is 29.3 Å². The highest BCUT2D eigenvalue weighted by molar-refractivity contribution is 6.36. The lowest BCUT2D eigenvalue weighted by Crippen LogP contribution is -2.19. The van der Waals surface area contributed by atoms with Crippen LogP contribution in [0, 0.1) is 0 Å². The second kappa shape index (κ2) is 8.16. The number of halogens is 2. The molecule has 1 aromatic heterocycles. The zero-order valence-electron chi connectivity index (χ0n) is 14.8. The Morgan fingerprint density at radius 2 is 1.88 bits per heavy atom. The molecule has 0 unspecified atom stereocenters. The van der Waals surface area contributed by atoms with Crippen molar-refractivity contribution in [2.24, 2.45) is 0 Å². The molecule has 0 bridgehead atoms. The zero-order chi connectivity index (χ0) is 18.7. The lowest BCUT2D eigenvalue weighted by Gasteiger charge is -2.10. The van der Waals surface area contributed by atoms with Gasteiger partial charge in [0.25, 0.3) is 0 Å². The number of aromatic nitrogens is 1. The van der Waals surface area contributed by atoms with E-state index in [2.05, 4.69) is 10.2 Å². The molecule has 0 atom stereocenters. The number of oxazole rings is 1. The Balaban J connectivity index is 1.76. The van der Waals surface area contributed by atoms with E-state index < -0.39 is 0 Å². The van der Waals surface area contributed by atoms with Crippen LogP contribution in [0.1, 0.15) is 12.0 Å². The van der Waals surface area contributed by atoms with Gasteiger partial charge in [-0.2, -0.15) is 0 Å². The van der Waals surface area contributed by atoms with E-state index in [1.807, 2.05) is 38.4 Å². The zero-order valence-corrected chi connectivity index (χ0v) is 16.3. The number of rotatable bonds is 7. The molecule has 1 heterocycles. The average Bonchev–Trinajstić information content (AvgIpc) is 2.89. The maximum Gasteiger partial charge on any atom is 0.419 e. The molecular weight excluding hydrogens is 373 g/mol. The fraction of sp³-hybridized carbons (Fsp3) is 0.316. The summed E-state index contributed by atoms with van der Waals surface area (Å²) in [7, 11) is 4.03. The minimum Gasteiger partial charge on any atom is -0.408 e. The van der Waals surface area contributed by atoms with Crippen molar-refractivity contribution in [2.45, 2.75) is 19.5 Å². The van der Waals surface area contributed by atoms with Crippen LogP contribution in [0.25, 0.3) is 11.1 Å².